The number of nitrogens with two attached hydrogens (primary N) is 1. The lowest BCUT2D eigenvalue weighted by Gasteiger charge is -2.21. The van der Waals surface area contributed by atoms with Crippen molar-refractivity contribution in [1.82, 2.24) is 4.98 Å². The average Bonchev–Trinajstić information content (AvgIpc) is 2.41. The first-order chi connectivity index (χ1) is 8.69. The molecular formula is C14H17ClN2O. The first-order valence-electron chi connectivity index (χ1n) is 6.10. The Bertz CT molecular complexity index is 540. The molecule has 2 atom stereocenters. The van der Waals surface area contributed by atoms with Gasteiger partial charge in [-0.15, -0.1) is 0 Å². The Kier molecular flexibility index (Phi) is 4.17. The second-order valence-corrected chi connectivity index (χ2v) is 4.79. The van der Waals surface area contributed by atoms with E-state index in [1.165, 1.54) is 0 Å². The molecule has 3 nitrogen and oxygen atoms in total. The van der Waals surface area contributed by atoms with Gasteiger partial charge in [-0.3, -0.25) is 4.98 Å². The SMILES string of the molecule is CCC(CN)C(O)c1ccc(Cl)c2cccnc12. The van der Waals surface area contributed by atoms with Gasteiger partial charge in [-0.25, -0.2) is 0 Å². The summed E-state index contributed by atoms with van der Waals surface area (Å²) < 4.78 is 0. The molecule has 0 spiro atoms. The molecule has 3 N–H and O–H groups in total. The van der Waals surface area contributed by atoms with Gasteiger partial charge in [-0.05, 0) is 31.2 Å². The summed E-state index contributed by atoms with van der Waals surface area (Å²) in [5.41, 5.74) is 7.24. The van der Waals surface area contributed by atoms with Gasteiger partial charge in [0.2, 0.25) is 0 Å². The topological polar surface area (TPSA) is 59.1 Å². The van der Waals surface area contributed by atoms with Gasteiger partial charge in [0.25, 0.3) is 0 Å². The highest BCUT2D eigenvalue weighted by Crippen LogP contribution is 2.32. The summed E-state index contributed by atoms with van der Waals surface area (Å²) in [4.78, 5) is 4.33. The number of fused-ring (bicyclic) bond motifs is 1. The van der Waals surface area contributed by atoms with Gasteiger partial charge in [-0.1, -0.05) is 24.6 Å². The Morgan fingerprint density at radius 1 is 1.39 bits per heavy atom. The van der Waals surface area contributed by atoms with E-state index in [9.17, 15) is 5.11 Å². The third-order valence-electron chi connectivity index (χ3n) is 3.34. The minimum absolute atomic E-state index is 0.0383. The van der Waals surface area contributed by atoms with Crippen molar-refractivity contribution in [2.45, 2.75) is 19.4 Å². The zero-order valence-electron chi connectivity index (χ0n) is 10.3. The lowest BCUT2D eigenvalue weighted by atomic mass is 9.92. The van der Waals surface area contributed by atoms with Crippen molar-refractivity contribution in [3.8, 4) is 0 Å². The van der Waals surface area contributed by atoms with E-state index in [0.29, 0.717) is 11.6 Å². The van der Waals surface area contributed by atoms with E-state index in [1.807, 2.05) is 25.1 Å². The van der Waals surface area contributed by atoms with E-state index < -0.39 is 6.10 Å². The summed E-state index contributed by atoms with van der Waals surface area (Å²) in [5, 5.41) is 11.9. The minimum atomic E-state index is -0.602. The van der Waals surface area contributed by atoms with Crippen LogP contribution in [-0.4, -0.2) is 16.6 Å². The van der Waals surface area contributed by atoms with Crippen LogP contribution >= 0.6 is 11.6 Å². The molecule has 1 aromatic heterocycles. The summed E-state index contributed by atoms with van der Waals surface area (Å²) in [7, 11) is 0. The average molecular weight is 265 g/mol. The molecule has 0 saturated carbocycles. The number of aromatic nitrogens is 1. The van der Waals surface area contributed by atoms with Crippen molar-refractivity contribution < 1.29 is 5.11 Å². The van der Waals surface area contributed by atoms with Gasteiger partial charge in [0.05, 0.1) is 11.6 Å². The number of aliphatic hydroxyl groups is 1. The van der Waals surface area contributed by atoms with Crippen LogP contribution in [-0.2, 0) is 0 Å². The van der Waals surface area contributed by atoms with E-state index in [4.69, 9.17) is 17.3 Å². The Labute approximate surface area is 112 Å². The highest BCUT2D eigenvalue weighted by Gasteiger charge is 2.21. The highest BCUT2D eigenvalue weighted by atomic mass is 35.5. The van der Waals surface area contributed by atoms with Crippen LogP contribution in [0.3, 0.4) is 0 Å². The Hall–Kier alpha value is -1.16. The predicted octanol–water partition coefficient (Wildman–Crippen LogP) is 2.91. The van der Waals surface area contributed by atoms with Gasteiger partial charge >= 0.3 is 0 Å². The third kappa shape index (κ3) is 2.34. The van der Waals surface area contributed by atoms with Crippen molar-refractivity contribution in [2.24, 2.45) is 11.7 Å². The second-order valence-electron chi connectivity index (χ2n) is 4.39. The van der Waals surface area contributed by atoms with E-state index in [-0.39, 0.29) is 5.92 Å². The van der Waals surface area contributed by atoms with E-state index in [2.05, 4.69) is 4.98 Å². The fourth-order valence-corrected chi connectivity index (χ4v) is 2.39. The zero-order valence-corrected chi connectivity index (χ0v) is 11.1. The van der Waals surface area contributed by atoms with Gasteiger partial charge in [0.15, 0.2) is 0 Å². The maximum atomic E-state index is 10.4. The van der Waals surface area contributed by atoms with Gasteiger partial charge in [-0.2, -0.15) is 0 Å². The summed E-state index contributed by atoms with van der Waals surface area (Å²) in [5.74, 6) is 0.0383. The van der Waals surface area contributed by atoms with Crippen molar-refractivity contribution >= 4 is 22.5 Å². The molecule has 0 bridgehead atoms. The molecule has 2 unspecified atom stereocenters. The van der Waals surface area contributed by atoms with Crippen molar-refractivity contribution in [3.63, 3.8) is 0 Å². The zero-order chi connectivity index (χ0) is 13.1. The fourth-order valence-electron chi connectivity index (χ4n) is 2.17. The van der Waals surface area contributed by atoms with Crippen LogP contribution in [0.4, 0.5) is 0 Å². The van der Waals surface area contributed by atoms with Gasteiger partial charge < -0.3 is 10.8 Å². The van der Waals surface area contributed by atoms with Crippen molar-refractivity contribution in [1.29, 1.82) is 0 Å². The number of hydrogen-bond donors (Lipinski definition) is 2. The predicted molar refractivity (Wildman–Crippen MR) is 74.5 cm³/mol. The number of benzene rings is 1. The van der Waals surface area contributed by atoms with Crippen LogP contribution in [0, 0.1) is 5.92 Å². The number of halogens is 1. The number of nitrogens with zero attached hydrogens (tertiary/aromatic N) is 1. The molecule has 0 radical (unpaired) electrons. The van der Waals surface area contributed by atoms with Crippen molar-refractivity contribution in [3.05, 3.63) is 41.0 Å². The maximum absolute atomic E-state index is 10.4. The molecule has 2 rings (SSSR count). The summed E-state index contributed by atoms with van der Waals surface area (Å²) in [6, 6.07) is 7.38. The lowest BCUT2D eigenvalue weighted by molar-refractivity contribution is 0.111. The first kappa shape index (κ1) is 13.3. The minimum Gasteiger partial charge on any atom is -0.388 e. The van der Waals surface area contributed by atoms with Gasteiger partial charge in [0, 0.05) is 28.1 Å². The summed E-state index contributed by atoms with van der Waals surface area (Å²) in [6.07, 6.45) is 1.93. The van der Waals surface area contributed by atoms with E-state index in [0.717, 1.165) is 22.9 Å². The largest absolute Gasteiger partial charge is 0.388 e. The second kappa shape index (κ2) is 5.65. The first-order valence-corrected chi connectivity index (χ1v) is 6.48. The highest BCUT2D eigenvalue weighted by molar-refractivity contribution is 6.35. The van der Waals surface area contributed by atoms with Crippen LogP contribution in [0.15, 0.2) is 30.5 Å². The monoisotopic (exact) mass is 264 g/mol. The third-order valence-corrected chi connectivity index (χ3v) is 3.67. The van der Waals surface area contributed by atoms with Crippen LogP contribution in [0.1, 0.15) is 25.0 Å². The number of rotatable bonds is 4. The molecule has 0 fully saturated rings. The Morgan fingerprint density at radius 3 is 2.83 bits per heavy atom. The number of hydrogen-bond acceptors (Lipinski definition) is 3. The Morgan fingerprint density at radius 2 is 2.17 bits per heavy atom. The smallest absolute Gasteiger partial charge is 0.0851 e. The summed E-state index contributed by atoms with van der Waals surface area (Å²) >= 11 is 6.13. The van der Waals surface area contributed by atoms with E-state index >= 15 is 0 Å². The molecule has 0 aliphatic heterocycles. The summed E-state index contributed by atoms with van der Waals surface area (Å²) in [6.45, 7) is 2.47. The van der Waals surface area contributed by atoms with Crippen LogP contribution in [0.5, 0.6) is 0 Å². The number of pyridine rings is 1. The van der Waals surface area contributed by atoms with Crippen LogP contribution < -0.4 is 5.73 Å². The standard InChI is InChI=1S/C14H17ClN2O/c1-2-9(8-16)14(18)11-5-6-12(15)10-4-3-7-17-13(10)11/h3-7,9,14,18H,2,8,16H2,1H3. The lowest BCUT2D eigenvalue weighted by Crippen LogP contribution is -2.21. The number of aliphatic hydroxyl groups excluding tert-OH is 1. The molecule has 0 aliphatic carbocycles. The molecule has 0 amide bonds. The molecular weight excluding hydrogens is 248 g/mol. The maximum Gasteiger partial charge on any atom is 0.0851 e. The van der Waals surface area contributed by atoms with Crippen LogP contribution in [0.25, 0.3) is 10.9 Å². The molecule has 2 aromatic rings. The van der Waals surface area contributed by atoms with Crippen LogP contribution in [0.2, 0.25) is 5.02 Å². The molecule has 4 heteroatoms. The molecule has 0 aliphatic rings. The molecule has 1 heterocycles. The normalized spacial score (nSPS) is 14.7. The molecule has 18 heavy (non-hydrogen) atoms. The quantitative estimate of drug-likeness (QED) is 0.893. The molecule has 0 saturated heterocycles. The Balaban J connectivity index is 2.54. The van der Waals surface area contributed by atoms with E-state index in [1.54, 1.807) is 12.3 Å². The molecule has 96 valence electrons. The molecule has 1 aromatic carbocycles. The van der Waals surface area contributed by atoms with Crippen molar-refractivity contribution in [2.75, 3.05) is 6.54 Å². The fraction of sp³-hybridized carbons (Fsp3) is 0.357. The van der Waals surface area contributed by atoms with Gasteiger partial charge in [0.1, 0.15) is 0 Å².